The van der Waals surface area contributed by atoms with E-state index in [-0.39, 0.29) is 5.91 Å². The molecule has 0 unspecified atom stereocenters. The van der Waals surface area contributed by atoms with Gasteiger partial charge in [-0.25, -0.2) is 0 Å². The molecule has 0 aliphatic rings. The highest BCUT2D eigenvalue weighted by Crippen LogP contribution is 2.24. The Morgan fingerprint density at radius 2 is 1.84 bits per heavy atom. The molecule has 0 bridgehead atoms. The molecule has 0 atom stereocenters. The Balaban J connectivity index is 2.17. The van der Waals surface area contributed by atoms with Gasteiger partial charge in [0.25, 0.3) is 5.91 Å². The van der Waals surface area contributed by atoms with Crippen molar-refractivity contribution in [1.82, 2.24) is 0 Å². The zero-order valence-corrected chi connectivity index (χ0v) is 13.1. The van der Waals surface area contributed by atoms with Crippen LogP contribution in [0.2, 0.25) is 0 Å². The number of anilines is 1. The summed E-state index contributed by atoms with van der Waals surface area (Å²) in [6.45, 7) is 2.06. The van der Waals surface area contributed by atoms with Crippen LogP contribution in [0.1, 0.15) is 15.9 Å². The van der Waals surface area contributed by atoms with Crippen LogP contribution in [0.25, 0.3) is 0 Å². The van der Waals surface area contributed by atoms with Crippen molar-refractivity contribution in [3.8, 4) is 0 Å². The highest BCUT2D eigenvalue weighted by atomic mass is 79.9. The van der Waals surface area contributed by atoms with Crippen LogP contribution in [0.5, 0.6) is 0 Å². The average Bonchev–Trinajstić information content (AvgIpc) is 2.41. The zero-order chi connectivity index (χ0) is 13.8. The second-order valence-corrected chi connectivity index (χ2v) is 5.91. The maximum Gasteiger partial charge on any atom is 0.255 e. The van der Waals surface area contributed by atoms with E-state index in [0.29, 0.717) is 5.56 Å². The Hall–Kier alpha value is -1.26. The van der Waals surface area contributed by atoms with Crippen LogP contribution in [-0.2, 0) is 0 Å². The lowest BCUT2D eigenvalue weighted by molar-refractivity contribution is 0.102. The van der Waals surface area contributed by atoms with E-state index in [1.807, 2.05) is 36.6 Å². The highest BCUT2D eigenvalue weighted by Gasteiger charge is 2.07. The van der Waals surface area contributed by atoms with Crippen molar-refractivity contribution in [3.05, 3.63) is 58.1 Å². The van der Waals surface area contributed by atoms with Gasteiger partial charge >= 0.3 is 0 Å². The van der Waals surface area contributed by atoms with E-state index < -0.39 is 0 Å². The molecule has 2 aromatic carbocycles. The zero-order valence-electron chi connectivity index (χ0n) is 10.7. The minimum Gasteiger partial charge on any atom is -0.322 e. The maximum atomic E-state index is 12.1. The van der Waals surface area contributed by atoms with Gasteiger partial charge in [-0.2, -0.15) is 0 Å². The molecule has 98 valence electrons. The molecular formula is C15H14BrNOS. The number of hydrogen-bond donors (Lipinski definition) is 1. The van der Waals surface area contributed by atoms with Crippen molar-refractivity contribution in [2.24, 2.45) is 0 Å². The molecule has 0 aliphatic heterocycles. The fourth-order valence-corrected chi connectivity index (χ4v) is 2.60. The number of amides is 1. The van der Waals surface area contributed by atoms with Gasteiger partial charge in [0.1, 0.15) is 0 Å². The summed E-state index contributed by atoms with van der Waals surface area (Å²) in [5, 5.41) is 2.91. The summed E-state index contributed by atoms with van der Waals surface area (Å²) in [4.78, 5) is 13.3. The van der Waals surface area contributed by atoms with Gasteiger partial charge < -0.3 is 5.32 Å². The molecule has 0 saturated carbocycles. The van der Waals surface area contributed by atoms with Crippen molar-refractivity contribution in [2.75, 3.05) is 11.6 Å². The van der Waals surface area contributed by atoms with Crippen LogP contribution < -0.4 is 5.32 Å². The smallest absolute Gasteiger partial charge is 0.255 e. The lowest BCUT2D eigenvalue weighted by Crippen LogP contribution is -2.11. The van der Waals surface area contributed by atoms with Crippen molar-refractivity contribution in [2.45, 2.75) is 11.8 Å². The molecule has 0 spiro atoms. The molecule has 1 amide bonds. The third-order valence-electron chi connectivity index (χ3n) is 2.77. The number of aryl methyl sites for hydroxylation is 1. The molecule has 0 radical (unpaired) electrons. The van der Waals surface area contributed by atoms with Gasteiger partial charge in [0, 0.05) is 20.6 Å². The molecule has 19 heavy (non-hydrogen) atoms. The first-order chi connectivity index (χ1) is 9.10. The molecule has 2 nitrogen and oxygen atoms in total. The number of nitrogens with one attached hydrogen (secondary N) is 1. The lowest BCUT2D eigenvalue weighted by atomic mass is 10.2. The molecule has 1 N–H and O–H groups in total. The van der Waals surface area contributed by atoms with E-state index in [0.717, 1.165) is 10.2 Å². The first-order valence-electron chi connectivity index (χ1n) is 5.81. The van der Waals surface area contributed by atoms with Gasteiger partial charge in [0.2, 0.25) is 0 Å². The molecule has 2 aromatic rings. The summed E-state index contributed by atoms with van der Waals surface area (Å²) >= 11 is 5.03. The van der Waals surface area contributed by atoms with E-state index in [9.17, 15) is 4.79 Å². The lowest BCUT2D eigenvalue weighted by Gasteiger charge is -2.08. The molecule has 0 aromatic heterocycles. The Morgan fingerprint density at radius 1 is 1.16 bits per heavy atom. The second-order valence-electron chi connectivity index (χ2n) is 4.15. The Bertz CT molecular complexity index is 596. The predicted molar refractivity (Wildman–Crippen MR) is 85.1 cm³/mol. The van der Waals surface area contributed by atoms with E-state index >= 15 is 0 Å². The van der Waals surface area contributed by atoms with E-state index in [1.54, 1.807) is 23.9 Å². The van der Waals surface area contributed by atoms with Gasteiger partial charge in [0.05, 0.1) is 0 Å². The first-order valence-corrected chi connectivity index (χ1v) is 7.83. The minimum absolute atomic E-state index is 0.0941. The first kappa shape index (κ1) is 14.2. The molecule has 0 saturated heterocycles. The van der Waals surface area contributed by atoms with Gasteiger partial charge in [-0.15, -0.1) is 11.8 Å². The number of thioether (sulfide) groups is 1. The van der Waals surface area contributed by atoms with E-state index in [2.05, 4.69) is 28.2 Å². The fraction of sp³-hybridized carbons (Fsp3) is 0.133. The number of halogens is 1. The standard InChI is InChI=1S/C15H14BrNOS/c1-10-3-8-13(9-14(10)19-2)17-15(18)11-4-6-12(16)7-5-11/h3-9H,1-2H3,(H,17,18). The van der Waals surface area contributed by atoms with Crippen LogP contribution >= 0.6 is 27.7 Å². The Labute approximate surface area is 125 Å². The topological polar surface area (TPSA) is 29.1 Å². The van der Waals surface area contributed by atoms with Gasteiger partial charge in [-0.1, -0.05) is 22.0 Å². The molecule has 4 heteroatoms. The SMILES string of the molecule is CSc1cc(NC(=O)c2ccc(Br)cc2)ccc1C. The van der Waals surface area contributed by atoms with Gasteiger partial charge in [-0.3, -0.25) is 4.79 Å². The predicted octanol–water partition coefficient (Wildman–Crippen LogP) is 4.73. The fourth-order valence-electron chi connectivity index (χ4n) is 1.70. The van der Waals surface area contributed by atoms with E-state index in [4.69, 9.17) is 0 Å². The number of benzene rings is 2. The summed E-state index contributed by atoms with van der Waals surface area (Å²) in [7, 11) is 0. The number of carbonyl (C=O) groups excluding carboxylic acids is 1. The average molecular weight is 336 g/mol. The monoisotopic (exact) mass is 335 g/mol. The second kappa shape index (κ2) is 6.26. The summed E-state index contributed by atoms with van der Waals surface area (Å²) in [6, 6.07) is 13.2. The number of carbonyl (C=O) groups is 1. The minimum atomic E-state index is -0.0941. The normalized spacial score (nSPS) is 10.3. The largest absolute Gasteiger partial charge is 0.322 e. The number of rotatable bonds is 3. The summed E-state index contributed by atoms with van der Waals surface area (Å²) in [5.74, 6) is -0.0941. The third kappa shape index (κ3) is 3.61. The molecule has 0 fully saturated rings. The maximum absolute atomic E-state index is 12.1. The number of hydrogen-bond acceptors (Lipinski definition) is 2. The van der Waals surface area contributed by atoms with Crippen molar-refractivity contribution in [1.29, 1.82) is 0 Å². The summed E-state index contributed by atoms with van der Waals surface area (Å²) in [6.07, 6.45) is 2.03. The molecule has 0 heterocycles. The van der Waals surface area contributed by atoms with Crippen LogP contribution in [0.3, 0.4) is 0 Å². The summed E-state index contributed by atoms with van der Waals surface area (Å²) in [5.41, 5.74) is 2.69. The van der Waals surface area contributed by atoms with Crippen LogP contribution in [0.15, 0.2) is 51.8 Å². The third-order valence-corrected chi connectivity index (χ3v) is 4.18. The van der Waals surface area contributed by atoms with E-state index in [1.165, 1.54) is 10.5 Å². The summed E-state index contributed by atoms with van der Waals surface area (Å²) < 4.78 is 0.962. The van der Waals surface area contributed by atoms with Crippen LogP contribution in [0.4, 0.5) is 5.69 Å². The van der Waals surface area contributed by atoms with Crippen molar-refractivity contribution >= 4 is 39.3 Å². The molecule has 2 rings (SSSR count). The molecular weight excluding hydrogens is 322 g/mol. The van der Waals surface area contributed by atoms with Crippen molar-refractivity contribution in [3.63, 3.8) is 0 Å². The van der Waals surface area contributed by atoms with Crippen LogP contribution in [-0.4, -0.2) is 12.2 Å². The van der Waals surface area contributed by atoms with Gasteiger partial charge in [-0.05, 0) is 55.1 Å². The van der Waals surface area contributed by atoms with Crippen LogP contribution in [0, 0.1) is 6.92 Å². The highest BCUT2D eigenvalue weighted by molar-refractivity contribution is 9.10. The Kier molecular flexibility index (Phi) is 4.66. The van der Waals surface area contributed by atoms with Crippen molar-refractivity contribution < 1.29 is 4.79 Å². The quantitative estimate of drug-likeness (QED) is 0.821. The van der Waals surface area contributed by atoms with Gasteiger partial charge in [0.15, 0.2) is 0 Å². The Morgan fingerprint density at radius 3 is 2.47 bits per heavy atom. The molecule has 0 aliphatic carbocycles.